The standard InChI is InChI=1S/C29H34ClN5O2/c1-21(2)14-15-35(29(37)24-8-10-25(30)11-9-24)20-28(36)34-18-16-33(17-19-34)27-13-12-26(31-32-27)23-6-4-22(3)5-7-23/h4-13,21H,14-20H2,1-3H3. The third-order valence-corrected chi connectivity index (χ3v) is 6.89. The predicted molar refractivity (Wildman–Crippen MR) is 148 cm³/mol. The maximum Gasteiger partial charge on any atom is 0.254 e. The van der Waals surface area contributed by atoms with Crippen molar-refractivity contribution in [2.45, 2.75) is 27.2 Å². The zero-order valence-electron chi connectivity index (χ0n) is 21.7. The number of aromatic nitrogens is 2. The Morgan fingerprint density at radius 1 is 0.919 bits per heavy atom. The predicted octanol–water partition coefficient (Wildman–Crippen LogP) is 4.94. The van der Waals surface area contributed by atoms with Crippen molar-refractivity contribution in [3.05, 3.63) is 76.8 Å². The van der Waals surface area contributed by atoms with Gasteiger partial charge in [-0.1, -0.05) is 55.3 Å². The number of piperazine rings is 1. The van der Waals surface area contributed by atoms with Crippen LogP contribution in [0, 0.1) is 12.8 Å². The number of carbonyl (C=O) groups is 2. The van der Waals surface area contributed by atoms with E-state index in [-0.39, 0.29) is 18.4 Å². The van der Waals surface area contributed by atoms with Gasteiger partial charge < -0.3 is 14.7 Å². The van der Waals surface area contributed by atoms with Gasteiger partial charge in [0.05, 0.1) is 5.69 Å². The van der Waals surface area contributed by atoms with Gasteiger partial charge in [-0.2, -0.15) is 0 Å². The van der Waals surface area contributed by atoms with Crippen molar-refractivity contribution >= 4 is 29.2 Å². The van der Waals surface area contributed by atoms with Crippen LogP contribution in [-0.4, -0.2) is 71.1 Å². The van der Waals surface area contributed by atoms with E-state index in [1.165, 1.54) is 5.56 Å². The van der Waals surface area contributed by atoms with E-state index in [4.69, 9.17) is 11.6 Å². The third-order valence-electron chi connectivity index (χ3n) is 6.64. The van der Waals surface area contributed by atoms with Crippen molar-refractivity contribution in [1.82, 2.24) is 20.0 Å². The molecule has 0 N–H and O–H groups in total. The lowest BCUT2D eigenvalue weighted by Crippen LogP contribution is -2.52. The number of carbonyl (C=O) groups excluding carboxylic acids is 2. The maximum atomic E-state index is 13.2. The van der Waals surface area contributed by atoms with Crippen LogP contribution in [0.3, 0.4) is 0 Å². The zero-order chi connectivity index (χ0) is 26.4. The van der Waals surface area contributed by atoms with Crippen LogP contribution < -0.4 is 4.90 Å². The second-order valence-corrected chi connectivity index (χ2v) is 10.4. The highest BCUT2D eigenvalue weighted by Crippen LogP contribution is 2.20. The topological polar surface area (TPSA) is 69.6 Å². The van der Waals surface area contributed by atoms with E-state index >= 15 is 0 Å². The monoisotopic (exact) mass is 519 g/mol. The molecular formula is C29H34ClN5O2. The number of aryl methyl sites for hydroxylation is 1. The summed E-state index contributed by atoms with van der Waals surface area (Å²) in [6.07, 6.45) is 0.831. The zero-order valence-corrected chi connectivity index (χ0v) is 22.5. The number of amides is 2. The Labute approximate surface area is 224 Å². The molecule has 0 bridgehead atoms. The first-order valence-corrected chi connectivity index (χ1v) is 13.2. The fraction of sp³-hybridized carbons (Fsp3) is 0.379. The Hall–Kier alpha value is -3.45. The van der Waals surface area contributed by atoms with E-state index < -0.39 is 0 Å². The lowest BCUT2D eigenvalue weighted by atomic mass is 10.1. The molecule has 1 saturated heterocycles. The van der Waals surface area contributed by atoms with Crippen LogP contribution in [0.4, 0.5) is 5.82 Å². The van der Waals surface area contributed by atoms with Crippen LogP contribution in [-0.2, 0) is 4.79 Å². The summed E-state index contributed by atoms with van der Waals surface area (Å²) in [5.74, 6) is 1.05. The molecule has 2 heterocycles. The lowest BCUT2D eigenvalue weighted by molar-refractivity contribution is -0.132. The first-order valence-electron chi connectivity index (χ1n) is 12.8. The van der Waals surface area contributed by atoms with Gasteiger partial charge in [0.15, 0.2) is 5.82 Å². The summed E-state index contributed by atoms with van der Waals surface area (Å²) < 4.78 is 0. The van der Waals surface area contributed by atoms with E-state index in [1.807, 2.05) is 29.2 Å². The largest absolute Gasteiger partial charge is 0.352 e. The van der Waals surface area contributed by atoms with E-state index in [0.29, 0.717) is 49.2 Å². The van der Waals surface area contributed by atoms with Crippen molar-refractivity contribution < 1.29 is 9.59 Å². The van der Waals surface area contributed by atoms with Crippen molar-refractivity contribution in [2.24, 2.45) is 5.92 Å². The first-order chi connectivity index (χ1) is 17.8. The van der Waals surface area contributed by atoms with Gasteiger partial charge in [-0.25, -0.2) is 0 Å². The lowest BCUT2D eigenvalue weighted by Gasteiger charge is -2.36. The molecular weight excluding hydrogens is 486 g/mol. The van der Waals surface area contributed by atoms with Gasteiger partial charge in [-0.15, -0.1) is 10.2 Å². The molecule has 1 aliphatic rings. The number of hydrogen-bond donors (Lipinski definition) is 0. The number of rotatable bonds is 8. The molecule has 7 nitrogen and oxygen atoms in total. The van der Waals surface area contributed by atoms with Crippen molar-refractivity contribution in [3.8, 4) is 11.3 Å². The van der Waals surface area contributed by atoms with Crippen molar-refractivity contribution in [2.75, 3.05) is 44.2 Å². The summed E-state index contributed by atoms with van der Waals surface area (Å²) >= 11 is 5.98. The van der Waals surface area contributed by atoms with E-state index in [0.717, 1.165) is 23.5 Å². The molecule has 1 aliphatic heterocycles. The normalized spacial score (nSPS) is 13.6. The van der Waals surface area contributed by atoms with Gasteiger partial charge in [0, 0.05) is 48.9 Å². The first kappa shape index (κ1) is 26.6. The highest BCUT2D eigenvalue weighted by Gasteiger charge is 2.26. The number of hydrogen-bond acceptors (Lipinski definition) is 5. The van der Waals surface area contributed by atoms with Crippen LogP contribution in [0.2, 0.25) is 5.02 Å². The molecule has 194 valence electrons. The highest BCUT2D eigenvalue weighted by molar-refractivity contribution is 6.30. The van der Waals surface area contributed by atoms with Crippen LogP contribution >= 0.6 is 11.6 Å². The molecule has 3 aromatic rings. The Kier molecular flexibility index (Phi) is 8.77. The van der Waals surface area contributed by atoms with Gasteiger partial charge in [0.25, 0.3) is 5.91 Å². The molecule has 8 heteroatoms. The molecule has 1 fully saturated rings. The smallest absolute Gasteiger partial charge is 0.254 e. The van der Waals surface area contributed by atoms with Gasteiger partial charge in [0.2, 0.25) is 5.91 Å². The molecule has 0 radical (unpaired) electrons. The van der Waals surface area contributed by atoms with Crippen molar-refractivity contribution in [1.29, 1.82) is 0 Å². The third kappa shape index (κ3) is 7.07. The number of halogens is 1. The summed E-state index contributed by atoms with van der Waals surface area (Å²) in [6.45, 7) is 9.38. The second kappa shape index (κ2) is 12.2. The van der Waals surface area contributed by atoms with Gasteiger partial charge in [-0.05, 0) is 55.7 Å². The van der Waals surface area contributed by atoms with Crippen LogP contribution in [0.1, 0.15) is 36.2 Å². The molecule has 0 unspecified atom stereocenters. The second-order valence-electron chi connectivity index (χ2n) is 9.93. The Bertz CT molecular complexity index is 1190. The van der Waals surface area contributed by atoms with Crippen LogP contribution in [0.25, 0.3) is 11.3 Å². The van der Waals surface area contributed by atoms with Crippen LogP contribution in [0.15, 0.2) is 60.7 Å². The molecule has 0 aliphatic carbocycles. The minimum absolute atomic E-state index is 0.0356. The average molecular weight is 520 g/mol. The molecule has 0 atom stereocenters. The molecule has 0 saturated carbocycles. The minimum Gasteiger partial charge on any atom is -0.352 e. The molecule has 4 rings (SSSR count). The quantitative estimate of drug-likeness (QED) is 0.421. The van der Waals surface area contributed by atoms with Crippen molar-refractivity contribution in [3.63, 3.8) is 0 Å². The minimum atomic E-state index is -0.145. The molecule has 1 aromatic heterocycles. The highest BCUT2D eigenvalue weighted by atomic mass is 35.5. The molecule has 2 amide bonds. The van der Waals surface area contributed by atoms with E-state index in [9.17, 15) is 9.59 Å². The van der Waals surface area contributed by atoms with Crippen LogP contribution in [0.5, 0.6) is 0 Å². The summed E-state index contributed by atoms with van der Waals surface area (Å²) in [5, 5.41) is 9.42. The Balaban J connectivity index is 1.35. The number of benzene rings is 2. The van der Waals surface area contributed by atoms with Gasteiger partial charge in [-0.3, -0.25) is 9.59 Å². The van der Waals surface area contributed by atoms with Gasteiger partial charge in [0.1, 0.15) is 6.54 Å². The summed E-state index contributed by atoms with van der Waals surface area (Å²) in [7, 11) is 0. The summed E-state index contributed by atoms with van der Waals surface area (Å²) in [5.41, 5.74) is 3.62. The number of anilines is 1. The molecule has 2 aromatic carbocycles. The van der Waals surface area contributed by atoms with E-state index in [2.05, 4.69) is 48.0 Å². The average Bonchev–Trinajstić information content (AvgIpc) is 2.91. The molecule has 37 heavy (non-hydrogen) atoms. The van der Waals surface area contributed by atoms with Gasteiger partial charge >= 0.3 is 0 Å². The molecule has 0 spiro atoms. The fourth-order valence-corrected chi connectivity index (χ4v) is 4.39. The Morgan fingerprint density at radius 3 is 2.19 bits per heavy atom. The summed E-state index contributed by atoms with van der Waals surface area (Å²) in [4.78, 5) is 32.0. The SMILES string of the molecule is Cc1ccc(-c2ccc(N3CCN(C(=O)CN(CCC(C)C)C(=O)c4ccc(Cl)cc4)CC3)nn2)cc1. The maximum absolute atomic E-state index is 13.2. The number of nitrogens with zero attached hydrogens (tertiary/aromatic N) is 5. The fourth-order valence-electron chi connectivity index (χ4n) is 4.26. The van der Waals surface area contributed by atoms with E-state index in [1.54, 1.807) is 29.2 Å². The summed E-state index contributed by atoms with van der Waals surface area (Å²) in [6, 6.07) is 19.0. The Morgan fingerprint density at radius 2 is 1.59 bits per heavy atom.